The normalized spacial score (nSPS) is 19.2. The van der Waals surface area contributed by atoms with E-state index in [0.717, 1.165) is 11.3 Å². The van der Waals surface area contributed by atoms with Crippen LogP contribution in [0, 0.1) is 13.8 Å². The molecule has 1 fully saturated rings. The summed E-state index contributed by atoms with van der Waals surface area (Å²) in [5.74, 6) is 1.62. The number of benzene rings is 1. The molecule has 1 aliphatic rings. The monoisotopic (exact) mass is 346 g/mol. The Balaban J connectivity index is 1.67. The van der Waals surface area contributed by atoms with Gasteiger partial charge in [-0.1, -0.05) is 29.8 Å². The zero-order valence-corrected chi connectivity index (χ0v) is 14.7. The molecule has 1 aromatic heterocycles. The van der Waals surface area contributed by atoms with Gasteiger partial charge < -0.3 is 10.6 Å². The fraction of sp³-hybridized carbons (Fsp3) is 0.412. The zero-order chi connectivity index (χ0) is 17.2. The summed E-state index contributed by atoms with van der Waals surface area (Å²) >= 11 is 0. The van der Waals surface area contributed by atoms with E-state index < -0.39 is 9.84 Å². The summed E-state index contributed by atoms with van der Waals surface area (Å²) in [4.78, 5) is 8.85. The van der Waals surface area contributed by atoms with E-state index in [1.54, 1.807) is 0 Å². The van der Waals surface area contributed by atoms with Crippen molar-refractivity contribution in [1.82, 2.24) is 9.97 Å². The number of hydrogen-bond acceptors (Lipinski definition) is 6. The third-order valence-corrected chi connectivity index (χ3v) is 5.74. The van der Waals surface area contributed by atoms with Gasteiger partial charge in [-0.2, -0.15) is 4.98 Å². The van der Waals surface area contributed by atoms with Crippen molar-refractivity contribution in [3.63, 3.8) is 0 Å². The molecule has 2 N–H and O–H groups in total. The largest absolute Gasteiger partial charge is 0.366 e. The fourth-order valence-corrected chi connectivity index (χ4v) is 4.52. The Hall–Kier alpha value is -2.15. The van der Waals surface area contributed by atoms with Crippen molar-refractivity contribution in [3.8, 4) is 0 Å². The van der Waals surface area contributed by atoms with Gasteiger partial charge in [0.25, 0.3) is 0 Å². The highest BCUT2D eigenvalue weighted by atomic mass is 32.2. The maximum absolute atomic E-state index is 11.6. The van der Waals surface area contributed by atoms with Gasteiger partial charge in [0.1, 0.15) is 5.82 Å². The topological polar surface area (TPSA) is 84.0 Å². The molecule has 0 spiro atoms. The summed E-state index contributed by atoms with van der Waals surface area (Å²) in [5, 5.41) is 6.44. The van der Waals surface area contributed by atoms with Crippen LogP contribution >= 0.6 is 0 Å². The summed E-state index contributed by atoms with van der Waals surface area (Å²) < 4.78 is 23.1. The Morgan fingerprint density at radius 2 is 2.04 bits per heavy atom. The van der Waals surface area contributed by atoms with E-state index in [2.05, 4.69) is 45.7 Å². The highest BCUT2D eigenvalue weighted by Crippen LogP contribution is 2.18. The molecule has 2 aromatic rings. The molecule has 7 heteroatoms. The zero-order valence-electron chi connectivity index (χ0n) is 13.9. The lowest BCUT2D eigenvalue weighted by Crippen LogP contribution is -2.21. The van der Waals surface area contributed by atoms with Gasteiger partial charge in [-0.3, -0.25) is 0 Å². The van der Waals surface area contributed by atoms with Crippen molar-refractivity contribution in [3.05, 3.63) is 47.2 Å². The summed E-state index contributed by atoms with van der Waals surface area (Å²) in [6, 6.07) is 10.0. The van der Waals surface area contributed by atoms with Gasteiger partial charge in [-0.25, -0.2) is 13.4 Å². The highest BCUT2D eigenvalue weighted by molar-refractivity contribution is 7.91. The lowest BCUT2D eigenvalue weighted by atomic mass is 10.1. The average molecular weight is 346 g/mol. The molecule has 0 radical (unpaired) electrons. The molecule has 24 heavy (non-hydrogen) atoms. The number of nitrogens with zero attached hydrogens (tertiary/aromatic N) is 2. The third kappa shape index (κ3) is 4.44. The fourth-order valence-electron chi connectivity index (χ4n) is 2.84. The molecule has 1 aromatic carbocycles. The van der Waals surface area contributed by atoms with Crippen LogP contribution in [-0.4, -0.2) is 35.9 Å². The van der Waals surface area contributed by atoms with Gasteiger partial charge in [0.15, 0.2) is 9.84 Å². The predicted octanol–water partition coefficient (Wildman–Crippen LogP) is 2.30. The summed E-state index contributed by atoms with van der Waals surface area (Å²) in [6.45, 7) is 4.60. The van der Waals surface area contributed by atoms with E-state index in [9.17, 15) is 8.42 Å². The average Bonchev–Trinajstić information content (AvgIpc) is 2.83. The number of nitrogens with one attached hydrogen (secondary N) is 2. The predicted molar refractivity (Wildman–Crippen MR) is 96.0 cm³/mol. The van der Waals surface area contributed by atoms with Gasteiger partial charge in [-0.15, -0.1) is 0 Å². The SMILES string of the molecule is Cc1cccc(CNc2nc(C)cc(NC3CCS(=O)(=O)C3)n2)c1. The summed E-state index contributed by atoms with van der Waals surface area (Å²) in [7, 11) is -2.91. The molecule has 0 saturated carbocycles. The molecule has 0 amide bonds. The van der Waals surface area contributed by atoms with E-state index in [0.29, 0.717) is 24.7 Å². The number of anilines is 2. The Bertz CT molecular complexity index is 836. The summed E-state index contributed by atoms with van der Waals surface area (Å²) in [6.07, 6.45) is 0.622. The maximum Gasteiger partial charge on any atom is 0.225 e. The van der Waals surface area contributed by atoms with Crippen LogP contribution in [0.5, 0.6) is 0 Å². The van der Waals surface area contributed by atoms with E-state index in [1.165, 1.54) is 5.56 Å². The van der Waals surface area contributed by atoms with E-state index in [-0.39, 0.29) is 17.5 Å². The van der Waals surface area contributed by atoms with Crippen molar-refractivity contribution >= 4 is 21.6 Å². The first-order valence-corrected chi connectivity index (χ1v) is 9.84. The van der Waals surface area contributed by atoms with Crippen molar-refractivity contribution in [2.45, 2.75) is 32.9 Å². The van der Waals surface area contributed by atoms with Crippen molar-refractivity contribution < 1.29 is 8.42 Å². The molecule has 1 atom stereocenters. The number of aromatic nitrogens is 2. The van der Waals surface area contributed by atoms with Crippen molar-refractivity contribution in [1.29, 1.82) is 0 Å². The number of hydrogen-bond donors (Lipinski definition) is 2. The standard InChI is InChI=1S/C17H22N4O2S/c1-12-4-3-5-14(8-12)10-18-17-19-13(2)9-16(21-17)20-15-6-7-24(22,23)11-15/h3-5,8-9,15H,6-7,10-11H2,1-2H3,(H2,18,19,20,21). The first-order valence-electron chi connectivity index (χ1n) is 8.02. The number of aryl methyl sites for hydroxylation is 2. The first kappa shape index (κ1) is 16.7. The van der Waals surface area contributed by atoms with Crippen LogP contribution < -0.4 is 10.6 Å². The third-order valence-electron chi connectivity index (χ3n) is 3.97. The number of sulfone groups is 1. The van der Waals surface area contributed by atoms with Crippen LogP contribution in [-0.2, 0) is 16.4 Å². The molecular formula is C17H22N4O2S. The molecule has 1 aliphatic heterocycles. The second-order valence-electron chi connectivity index (χ2n) is 6.31. The molecule has 6 nitrogen and oxygen atoms in total. The Morgan fingerprint density at radius 1 is 1.21 bits per heavy atom. The molecule has 0 aliphatic carbocycles. The molecule has 3 rings (SSSR count). The van der Waals surface area contributed by atoms with Crippen LogP contribution in [0.1, 0.15) is 23.2 Å². The van der Waals surface area contributed by atoms with E-state index >= 15 is 0 Å². The van der Waals surface area contributed by atoms with Gasteiger partial charge in [-0.05, 0) is 25.8 Å². The second-order valence-corrected chi connectivity index (χ2v) is 8.53. The molecule has 2 heterocycles. The minimum absolute atomic E-state index is 0.0751. The summed E-state index contributed by atoms with van der Waals surface area (Å²) in [5.41, 5.74) is 3.21. The first-order chi connectivity index (χ1) is 11.4. The minimum atomic E-state index is -2.91. The molecular weight excluding hydrogens is 324 g/mol. The Kier molecular flexibility index (Phi) is 4.71. The van der Waals surface area contributed by atoms with Crippen LogP contribution in [0.25, 0.3) is 0 Å². The molecule has 128 valence electrons. The smallest absolute Gasteiger partial charge is 0.225 e. The maximum atomic E-state index is 11.6. The molecule has 1 unspecified atom stereocenters. The van der Waals surface area contributed by atoms with Gasteiger partial charge in [0, 0.05) is 24.3 Å². The minimum Gasteiger partial charge on any atom is -0.366 e. The van der Waals surface area contributed by atoms with Crippen LogP contribution in [0.4, 0.5) is 11.8 Å². The van der Waals surface area contributed by atoms with Gasteiger partial charge in [0.05, 0.1) is 11.5 Å². The lowest BCUT2D eigenvalue weighted by Gasteiger charge is -2.13. The van der Waals surface area contributed by atoms with Crippen LogP contribution in [0.2, 0.25) is 0 Å². The van der Waals surface area contributed by atoms with Crippen molar-refractivity contribution in [2.75, 3.05) is 22.1 Å². The highest BCUT2D eigenvalue weighted by Gasteiger charge is 2.28. The number of rotatable bonds is 5. The quantitative estimate of drug-likeness (QED) is 0.864. The molecule has 1 saturated heterocycles. The van der Waals surface area contributed by atoms with Crippen molar-refractivity contribution in [2.24, 2.45) is 0 Å². The lowest BCUT2D eigenvalue weighted by molar-refractivity contribution is 0.602. The van der Waals surface area contributed by atoms with Crippen LogP contribution in [0.15, 0.2) is 30.3 Å². The van der Waals surface area contributed by atoms with E-state index in [1.807, 2.05) is 19.1 Å². The second kappa shape index (κ2) is 6.76. The van der Waals surface area contributed by atoms with Crippen LogP contribution in [0.3, 0.4) is 0 Å². The van der Waals surface area contributed by atoms with Gasteiger partial charge >= 0.3 is 0 Å². The van der Waals surface area contributed by atoms with E-state index in [4.69, 9.17) is 0 Å². The Morgan fingerprint density at radius 3 is 2.75 bits per heavy atom. The Labute approximate surface area is 142 Å². The van der Waals surface area contributed by atoms with Gasteiger partial charge in [0.2, 0.25) is 5.95 Å². The molecule has 0 bridgehead atoms.